The van der Waals surface area contributed by atoms with Gasteiger partial charge in [-0.05, 0) is 13.8 Å². The van der Waals surface area contributed by atoms with Crippen LogP contribution >= 0.6 is 0 Å². The van der Waals surface area contributed by atoms with Gasteiger partial charge in [-0.15, -0.1) is 0 Å². The zero-order chi connectivity index (χ0) is 9.68. The van der Waals surface area contributed by atoms with Crippen molar-refractivity contribution >= 4 is 6.09 Å². The highest BCUT2D eigenvalue weighted by Gasteiger charge is 2.05. The Hall–Kier alpha value is -1.59. The molecule has 0 aliphatic heterocycles. The average Bonchev–Trinajstić information content (AvgIpc) is 2.49. The first-order chi connectivity index (χ1) is 6.22. The molecule has 13 heavy (non-hydrogen) atoms. The first-order valence-electron chi connectivity index (χ1n) is 3.92. The number of hydrogen-bond donors (Lipinski definition) is 1. The van der Waals surface area contributed by atoms with E-state index in [-0.39, 0.29) is 6.54 Å². The highest BCUT2D eigenvalue weighted by Crippen LogP contribution is 1.94. The van der Waals surface area contributed by atoms with Gasteiger partial charge in [-0.25, -0.2) is 4.79 Å². The van der Waals surface area contributed by atoms with Crippen molar-refractivity contribution in [2.45, 2.75) is 20.4 Å². The van der Waals surface area contributed by atoms with Gasteiger partial charge in [-0.3, -0.25) is 0 Å². The summed E-state index contributed by atoms with van der Waals surface area (Å²) in [5.74, 6) is 0.909. The molecule has 0 atom stereocenters. The molecule has 0 aromatic carbocycles. The van der Waals surface area contributed by atoms with Crippen molar-refractivity contribution in [3.63, 3.8) is 0 Å². The van der Waals surface area contributed by atoms with Gasteiger partial charge in [0.25, 0.3) is 0 Å². The van der Waals surface area contributed by atoms with Crippen LogP contribution in [0.25, 0.3) is 0 Å². The van der Waals surface area contributed by atoms with E-state index in [9.17, 15) is 4.79 Å². The van der Waals surface area contributed by atoms with Gasteiger partial charge >= 0.3 is 6.09 Å². The number of hydrogen-bond acceptors (Lipinski definition) is 5. The monoisotopic (exact) mass is 185 g/mol. The van der Waals surface area contributed by atoms with Gasteiger partial charge in [0.2, 0.25) is 5.89 Å². The Morgan fingerprint density at radius 2 is 2.46 bits per heavy atom. The molecule has 0 unspecified atom stereocenters. The van der Waals surface area contributed by atoms with Crippen LogP contribution in [-0.2, 0) is 11.3 Å². The Morgan fingerprint density at radius 3 is 3.00 bits per heavy atom. The second-order valence-corrected chi connectivity index (χ2v) is 2.31. The maximum Gasteiger partial charge on any atom is 0.407 e. The molecule has 6 heteroatoms. The number of nitrogens with one attached hydrogen (secondary N) is 1. The maximum atomic E-state index is 10.8. The van der Waals surface area contributed by atoms with E-state index in [1.807, 2.05) is 0 Å². The Morgan fingerprint density at radius 1 is 1.69 bits per heavy atom. The van der Waals surface area contributed by atoms with E-state index in [0.29, 0.717) is 18.3 Å². The summed E-state index contributed by atoms with van der Waals surface area (Å²) in [5.41, 5.74) is 0. The van der Waals surface area contributed by atoms with Crippen LogP contribution in [-0.4, -0.2) is 22.8 Å². The van der Waals surface area contributed by atoms with Crippen molar-refractivity contribution in [3.8, 4) is 0 Å². The number of aromatic nitrogens is 2. The summed E-state index contributed by atoms with van der Waals surface area (Å²) in [6, 6.07) is 0. The van der Waals surface area contributed by atoms with Crippen molar-refractivity contribution in [2.24, 2.45) is 0 Å². The summed E-state index contributed by atoms with van der Waals surface area (Å²) in [6.07, 6.45) is -0.488. The first-order valence-corrected chi connectivity index (χ1v) is 3.92. The maximum absolute atomic E-state index is 10.8. The topological polar surface area (TPSA) is 77.2 Å². The summed E-state index contributed by atoms with van der Waals surface area (Å²) in [4.78, 5) is 14.7. The molecule has 0 bridgehead atoms. The third-order valence-electron chi connectivity index (χ3n) is 1.23. The molecule has 6 nitrogen and oxygen atoms in total. The quantitative estimate of drug-likeness (QED) is 0.747. The summed E-state index contributed by atoms with van der Waals surface area (Å²) < 4.78 is 9.39. The largest absolute Gasteiger partial charge is 0.450 e. The molecule has 0 spiro atoms. The molecular formula is C7H11N3O3. The molecule has 0 saturated carbocycles. The van der Waals surface area contributed by atoms with Crippen LogP contribution in [0.15, 0.2) is 4.52 Å². The fourth-order valence-electron chi connectivity index (χ4n) is 0.742. The molecule has 1 aromatic heterocycles. The van der Waals surface area contributed by atoms with E-state index in [4.69, 9.17) is 4.52 Å². The van der Waals surface area contributed by atoms with Gasteiger partial charge < -0.3 is 14.6 Å². The van der Waals surface area contributed by atoms with E-state index in [2.05, 4.69) is 20.2 Å². The van der Waals surface area contributed by atoms with Crippen molar-refractivity contribution in [3.05, 3.63) is 11.7 Å². The Bertz CT molecular complexity index is 284. The SMILES string of the molecule is CCOC(=O)NCc1nc(C)no1. The van der Waals surface area contributed by atoms with E-state index >= 15 is 0 Å². The highest BCUT2D eigenvalue weighted by atomic mass is 16.5. The lowest BCUT2D eigenvalue weighted by molar-refractivity contribution is 0.150. The molecule has 1 rings (SSSR count). The predicted octanol–water partition coefficient (Wildman–Crippen LogP) is 0.624. The van der Waals surface area contributed by atoms with Crippen LogP contribution in [0.1, 0.15) is 18.6 Å². The number of carbonyl (C=O) groups is 1. The van der Waals surface area contributed by atoms with Gasteiger partial charge in [0.15, 0.2) is 5.82 Å². The summed E-state index contributed by atoms with van der Waals surface area (Å²) in [6.45, 7) is 3.97. The molecule has 0 aliphatic rings. The zero-order valence-corrected chi connectivity index (χ0v) is 7.53. The molecule has 72 valence electrons. The third-order valence-corrected chi connectivity index (χ3v) is 1.23. The van der Waals surface area contributed by atoms with Crippen LogP contribution < -0.4 is 5.32 Å². The van der Waals surface area contributed by atoms with Crippen molar-refractivity contribution in [2.75, 3.05) is 6.61 Å². The minimum atomic E-state index is -0.488. The van der Waals surface area contributed by atoms with Gasteiger partial charge in [-0.1, -0.05) is 5.16 Å². The lowest BCUT2D eigenvalue weighted by atomic mass is 10.6. The number of nitrogens with zero attached hydrogens (tertiary/aromatic N) is 2. The van der Waals surface area contributed by atoms with Gasteiger partial charge in [-0.2, -0.15) is 4.98 Å². The van der Waals surface area contributed by atoms with Crippen LogP contribution in [0.2, 0.25) is 0 Å². The number of aryl methyl sites for hydroxylation is 1. The summed E-state index contributed by atoms with van der Waals surface area (Å²) >= 11 is 0. The highest BCUT2D eigenvalue weighted by molar-refractivity contribution is 5.66. The van der Waals surface area contributed by atoms with Gasteiger partial charge in [0.05, 0.1) is 6.61 Å². The lowest BCUT2D eigenvalue weighted by Gasteiger charge is -2.00. The number of ether oxygens (including phenoxy) is 1. The Balaban J connectivity index is 2.30. The molecule has 1 aromatic rings. The van der Waals surface area contributed by atoms with Crippen molar-refractivity contribution in [1.29, 1.82) is 0 Å². The van der Waals surface area contributed by atoms with E-state index < -0.39 is 6.09 Å². The van der Waals surface area contributed by atoms with E-state index in [1.54, 1.807) is 13.8 Å². The second-order valence-electron chi connectivity index (χ2n) is 2.31. The van der Waals surface area contributed by atoms with Crippen LogP contribution in [0, 0.1) is 6.92 Å². The zero-order valence-electron chi connectivity index (χ0n) is 7.53. The Kier molecular flexibility index (Phi) is 3.24. The molecule has 0 saturated heterocycles. The standard InChI is InChI=1S/C7H11N3O3/c1-3-12-7(11)8-4-6-9-5(2)10-13-6/h3-4H2,1-2H3,(H,8,11). The first kappa shape index (κ1) is 9.50. The summed E-state index contributed by atoms with van der Waals surface area (Å²) in [7, 11) is 0. The third kappa shape index (κ3) is 3.10. The lowest BCUT2D eigenvalue weighted by Crippen LogP contribution is -2.23. The van der Waals surface area contributed by atoms with E-state index in [1.165, 1.54) is 0 Å². The van der Waals surface area contributed by atoms with Gasteiger partial charge in [0.1, 0.15) is 6.54 Å². The fourth-order valence-corrected chi connectivity index (χ4v) is 0.742. The van der Waals surface area contributed by atoms with Crippen LogP contribution in [0.5, 0.6) is 0 Å². The summed E-state index contributed by atoms with van der Waals surface area (Å²) in [5, 5.41) is 6.02. The molecule has 0 aliphatic carbocycles. The smallest absolute Gasteiger partial charge is 0.407 e. The molecule has 0 radical (unpaired) electrons. The number of rotatable bonds is 3. The van der Waals surface area contributed by atoms with Crippen LogP contribution in [0.3, 0.4) is 0 Å². The number of alkyl carbamates (subject to hydrolysis) is 1. The van der Waals surface area contributed by atoms with E-state index in [0.717, 1.165) is 0 Å². The number of amides is 1. The second kappa shape index (κ2) is 4.44. The number of carbonyl (C=O) groups excluding carboxylic acids is 1. The fraction of sp³-hybridized carbons (Fsp3) is 0.571. The average molecular weight is 185 g/mol. The molecule has 1 heterocycles. The van der Waals surface area contributed by atoms with Gasteiger partial charge in [0, 0.05) is 0 Å². The molecule has 1 N–H and O–H groups in total. The molecule has 1 amide bonds. The normalized spacial score (nSPS) is 9.69. The minimum absolute atomic E-state index is 0.194. The predicted molar refractivity (Wildman–Crippen MR) is 42.9 cm³/mol. The van der Waals surface area contributed by atoms with Crippen LogP contribution in [0.4, 0.5) is 4.79 Å². The minimum Gasteiger partial charge on any atom is -0.450 e. The van der Waals surface area contributed by atoms with Crippen molar-refractivity contribution in [1.82, 2.24) is 15.5 Å². The Labute approximate surface area is 75.3 Å². The van der Waals surface area contributed by atoms with Crippen molar-refractivity contribution < 1.29 is 14.1 Å². The molecule has 0 fully saturated rings. The molecular weight excluding hydrogens is 174 g/mol.